The number of hydrogen-bond donors (Lipinski definition) is 4. The molecule has 14 heteroatoms. The van der Waals surface area contributed by atoms with Crippen LogP contribution in [-0.2, 0) is 4.74 Å². The standard InChI is InChI=1S/C23H32FN11O2/c1-13-9-17(34-33-13)29-20-30-19(27-14(2)18-25-10-15(24)11-26-18)31-21(32-20)35-8-6-7-16(12-35)28-22(36)37-23(3,4)5/h9-11,14,16H,6-8,12H2,1-5H3,(H,28,36)(H3,27,29,30,31,32,33,34)/t14-,16+/m0/s1. The van der Waals surface area contributed by atoms with Gasteiger partial charge in [-0.05, 0) is 47.5 Å². The molecule has 198 valence electrons. The van der Waals surface area contributed by atoms with Crippen LogP contribution in [0, 0.1) is 12.7 Å². The molecule has 0 spiro atoms. The number of nitrogens with zero attached hydrogens (tertiary/aromatic N) is 7. The summed E-state index contributed by atoms with van der Waals surface area (Å²) in [7, 11) is 0. The summed E-state index contributed by atoms with van der Waals surface area (Å²) < 4.78 is 18.7. The van der Waals surface area contributed by atoms with Gasteiger partial charge in [0, 0.05) is 30.9 Å². The Balaban J connectivity index is 1.55. The van der Waals surface area contributed by atoms with Crippen LogP contribution < -0.4 is 20.9 Å². The Hall–Kier alpha value is -4.10. The van der Waals surface area contributed by atoms with E-state index in [0.717, 1.165) is 30.9 Å². The first-order valence-corrected chi connectivity index (χ1v) is 12.1. The molecule has 37 heavy (non-hydrogen) atoms. The first-order valence-electron chi connectivity index (χ1n) is 12.1. The molecule has 4 heterocycles. The second-order valence-electron chi connectivity index (χ2n) is 9.90. The van der Waals surface area contributed by atoms with Crippen molar-refractivity contribution in [3.63, 3.8) is 0 Å². The third kappa shape index (κ3) is 7.44. The Morgan fingerprint density at radius 2 is 1.95 bits per heavy atom. The Kier molecular flexibility index (Phi) is 7.64. The summed E-state index contributed by atoms with van der Waals surface area (Å²) in [5, 5.41) is 16.3. The van der Waals surface area contributed by atoms with Crippen molar-refractivity contribution in [1.82, 2.24) is 40.4 Å². The van der Waals surface area contributed by atoms with Crippen LogP contribution in [0.1, 0.15) is 58.1 Å². The lowest BCUT2D eigenvalue weighted by Gasteiger charge is -2.33. The van der Waals surface area contributed by atoms with Crippen LogP contribution in [0.25, 0.3) is 0 Å². The molecular weight excluding hydrogens is 481 g/mol. The van der Waals surface area contributed by atoms with Crippen molar-refractivity contribution in [1.29, 1.82) is 0 Å². The van der Waals surface area contributed by atoms with E-state index >= 15 is 0 Å². The van der Waals surface area contributed by atoms with Crippen molar-refractivity contribution in [2.24, 2.45) is 0 Å². The van der Waals surface area contributed by atoms with Gasteiger partial charge in [-0.15, -0.1) is 0 Å². The SMILES string of the molecule is Cc1cc(Nc2nc(N[C@@H](C)c3ncc(F)cn3)nc(N3CCC[C@@H](NC(=O)OC(C)(C)C)C3)n2)n[nH]1. The monoisotopic (exact) mass is 513 g/mol. The summed E-state index contributed by atoms with van der Waals surface area (Å²) >= 11 is 0. The van der Waals surface area contributed by atoms with Gasteiger partial charge < -0.3 is 25.6 Å². The molecule has 1 amide bonds. The molecule has 3 aromatic heterocycles. The normalized spacial score (nSPS) is 16.7. The molecule has 1 aliphatic heterocycles. The molecule has 0 unspecified atom stereocenters. The average molecular weight is 514 g/mol. The topological polar surface area (TPSA) is 159 Å². The molecule has 1 saturated heterocycles. The van der Waals surface area contributed by atoms with E-state index in [-0.39, 0.29) is 17.9 Å². The fourth-order valence-corrected chi connectivity index (χ4v) is 3.78. The van der Waals surface area contributed by atoms with Crippen LogP contribution in [0.3, 0.4) is 0 Å². The fraction of sp³-hybridized carbons (Fsp3) is 0.522. The molecule has 1 aliphatic rings. The minimum absolute atomic E-state index is 0.131. The Bertz CT molecular complexity index is 1210. The Labute approximate surface area is 214 Å². The van der Waals surface area contributed by atoms with Crippen molar-refractivity contribution < 1.29 is 13.9 Å². The number of carbonyl (C=O) groups is 1. The van der Waals surface area contributed by atoms with E-state index in [4.69, 9.17) is 4.74 Å². The van der Waals surface area contributed by atoms with E-state index in [2.05, 4.69) is 51.1 Å². The highest BCUT2D eigenvalue weighted by Gasteiger charge is 2.26. The third-order valence-electron chi connectivity index (χ3n) is 5.37. The summed E-state index contributed by atoms with van der Waals surface area (Å²) in [4.78, 5) is 36.0. The number of carbonyl (C=O) groups excluding carboxylic acids is 1. The molecule has 1 fully saturated rings. The number of hydrogen-bond acceptors (Lipinski definition) is 11. The van der Waals surface area contributed by atoms with Crippen LogP contribution in [0.15, 0.2) is 18.5 Å². The van der Waals surface area contributed by atoms with Gasteiger partial charge in [-0.2, -0.15) is 20.1 Å². The van der Waals surface area contributed by atoms with Gasteiger partial charge in [-0.1, -0.05) is 0 Å². The van der Waals surface area contributed by atoms with Gasteiger partial charge in [0.25, 0.3) is 0 Å². The Morgan fingerprint density at radius 1 is 1.22 bits per heavy atom. The fourth-order valence-electron chi connectivity index (χ4n) is 3.78. The highest BCUT2D eigenvalue weighted by atomic mass is 19.1. The van der Waals surface area contributed by atoms with Crippen LogP contribution in [0.4, 0.5) is 32.8 Å². The van der Waals surface area contributed by atoms with Gasteiger partial charge in [0.2, 0.25) is 17.8 Å². The van der Waals surface area contributed by atoms with Gasteiger partial charge in [0.05, 0.1) is 18.4 Å². The number of rotatable bonds is 7. The van der Waals surface area contributed by atoms with Crippen LogP contribution in [-0.4, -0.2) is 65.9 Å². The zero-order chi connectivity index (χ0) is 26.6. The minimum atomic E-state index is -0.580. The second kappa shape index (κ2) is 10.9. The van der Waals surface area contributed by atoms with Gasteiger partial charge in [-0.25, -0.2) is 19.2 Å². The van der Waals surface area contributed by atoms with E-state index in [1.54, 1.807) is 0 Å². The summed E-state index contributed by atoms with van der Waals surface area (Å²) in [6, 6.07) is 1.29. The maximum Gasteiger partial charge on any atom is 0.407 e. The van der Waals surface area contributed by atoms with Gasteiger partial charge in [0.15, 0.2) is 11.6 Å². The molecule has 0 saturated carbocycles. The number of halogens is 1. The molecule has 4 rings (SSSR count). The number of amides is 1. The van der Waals surface area contributed by atoms with Crippen molar-refractivity contribution in [3.8, 4) is 0 Å². The second-order valence-corrected chi connectivity index (χ2v) is 9.90. The number of alkyl carbamates (subject to hydrolysis) is 1. The lowest BCUT2D eigenvalue weighted by Crippen LogP contribution is -2.49. The molecule has 0 bridgehead atoms. The summed E-state index contributed by atoms with van der Waals surface area (Å²) in [5.74, 6) is 1.42. The number of piperidine rings is 1. The van der Waals surface area contributed by atoms with Crippen molar-refractivity contribution in [2.75, 3.05) is 28.6 Å². The minimum Gasteiger partial charge on any atom is -0.444 e. The predicted octanol–water partition coefficient (Wildman–Crippen LogP) is 3.24. The molecule has 0 aromatic carbocycles. The molecule has 0 aliphatic carbocycles. The molecule has 0 radical (unpaired) electrons. The number of H-pyrrole nitrogens is 1. The highest BCUT2D eigenvalue weighted by Crippen LogP contribution is 2.23. The van der Waals surface area contributed by atoms with E-state index in [1.165, 1.54) is 0 Å². The number of anilines is 4. The number of ether oxygens (including phenoxy) is 1. The quantitative estimate of drug-likeness (QED) is 0.367. The summed E-state index contributed by atoms with van der Waals surface area (Å²) in [5.41, 5.74) is 0.299. The van der Waals surface area contributed by atoms with Crippen molar-refractivity contribution in [3.05, 3.63) is 35.8 Å². The van der Waals surface area contributed by atoms with Crippen molar-refractivity contribution in [2.45, 2.75) is 65.1 Å². The lowest BCUT2D eigenvalue weighted by atomic mass is 10.1. The number of aryl methyl sites for hydroxylation is 1. The number of aromatic amines is 1. The van der Waals surface area contributed by atoms with E-state index < -0.39 is 23.6 Å². The zero-order valence-electron chi connectivity index (χ0n) is 21.5. The van der Waals surface area contributed by atoms with Crippen LogP contribution in [0.5, 0.6) is 0 Å². The predicted molar refractivity (Wildman–Crippen MR) is 135 cm³/mol. The van der Waals surface area contributed by atoms with Gasteiger partial charge in [-0.3, -0.25) is 5.10 Å². The van der Waals surface area contributed by atoms with Gasteiger partial charge in [0.1, 0.15) is 11.4 Å². The smallest absolute Gasteiger partial charge is 0.407 e. The molecule has 3 aromatic rings. The average Bonchev–Trinajstić information content (AvgIpc) is 3.22. The van der Waals surface area contributed by atoms with E-state index in [9.17, 15) is 9.18 Å². The largest absolute Gasteiger partial charge is 0.444 e. The number of nitrogens with one attached hydrogen (secondary N) is 4. The first-order chi connectivity index (χ1) is 17.5. The molecular formula is C23H32FN11O2. The van der Waals surface area contributed by atoms with E-state index in [0.29, 0.717) is 30.7 Å². The van der Waals surface area contributed by atoms with Crippen LogP contribution in [0.2, 0.25) is 0 Å². The van der Waals surface area contributed by atoms with Crippen LogP contribution >= 0.6 is 0 Å². The van der Waals surface area contributed by atoms with E-state index in [1.807, 2.05) is 45.6 Å². The maximum absolute atomic E-state index is 13.3. The zero-order valence-corrected chi connectivity index (χ0v) is 21.5. The maximum atomic E-state index is 13.3. The first kappa shape index (κ1) is 26.0. The molecule has 13 nitrogen and oxygen atoms in total. The molecule has 4 N–H and O–H groups in total. The van der Waals surface area contributed by atoms with Gasteiger partial charge >= 0.3 is 6.09 Å². The van der Waals surface area contributed by atoms with Crippen molar-refractivity contribution >= 4 is 29.8 Å². The summed E-state index contributed by atoms with van der Waals surface area (Å²) in [6.45, 7) is 10.4. The lowest BCUT2D eigenvalue weighted by molar-refractivity contribution is 0.0500. The highest BCUT2D eigenvalue weighted by molar-refractivity contribution is 5.68. The number of aromatic nitrogens is 7. The Morgan fingerprint density at radius 3 is 2.62 bits per heavy atom. The summed E-state index contributed by atoms with van der Waals surface area (Å²) in [6.07, 6.45) is 3.40. The third-order valence-corrected chi connectivity index (χ3v) is 5.37. The molecule has 2 atom stereocenters.